The fraction of sp³-hybridized carbons (Fsp3) is 0.400. The minimum atomic E-state index is 0.180. The zero-order chi connectivity index (χ0) is 13.8. The molecule has 1 aliphatic heterocycles. The normalized spacial score (nSPS) is 18.5. The van der Waals surface area contributed by atoms with E-state index in [1.807, 2.05) is 29.2 Å². The minimum absolute atomic E-state index is 0.180. The van der Waals surface area contributed by atoms with Gasteiger partial charge in [-0.2, -0.15) is 0 Å². The Balaban J connectivity index is 2.11. The summed E-state index contributed by atoms with van der Waals surface area (Å²) in [7, 11) is 3.21. The summed E-state index contributed by atoms with van der Waals surface area (Å²) in [6, 6.07) is 5.73. The summed E-state index contributed by atoms with van der Waals surface area (Å²) in [5.74, 6) is 1.84. The van der Waals surface area contributed by atoms with Crippen LogP contribution in [0.5, 0.6) is 11.5 Å². The number of nitrogens with zero attached hydrogens (tertiary/aromatic N) is 1. The van der Waals surface area contributed by atoms with Crippen LogP contribution in [0, 0.1) is 5.92 Å². The van der Waals surface area contributed by atoms with E-state index < -0.39 is 0 Å². The molecule has 1 saturated heterocycles. The third-order valence-electron chi connectivity index (χ3n) is 3.40. The molecular weight excluding hydrogens is 242 g/mol. The molecule has 1 unspecified atom stereocenters. The van der Waals surface area contributed by atoms with Gasteiger partial charge in [0.15, 0.2) is 11.5 Å². The number of amides is 1. The maximum Gasteiger partial charge on any atom is 0.223 e. The molecule has 2 rings (SSSR count). The zero-order valence-corrected chi connectivity index (χ0v) is 11.4. The second kappa shape index (κ2) is 5.78. The van der Waals surface area contributed by atoms with Crippen LogP contribution >= 0.6 is 0 Å². The van der Waals surface area contributed by atoms with E-state index in [0.29, 0.717) is 24.5 Å². The molecular formula is C15H19NO3. The number of ether oxygens (including phenoxy) is 2. The molecule has 4 nitrogen and oxygen atoms in total. The summed E-state index contributed by atoms with van der Waals surface area (Å²) in [5, 5.41) is 0. The van der Waals surface area contributed by atoms with Crippen LogP contribution in [-0.2, 0) is 11.3 Å². The molecule has 19 heavy (non-hydrogen) atoms. The van der Waals surface area contributed by atoms with Crippen LogP contribution in [0.15, 0.2) is 30.9 Å². The maximum absolute atomic E-state index is 11.8. The van der Waals surface area contributed by atoms with Gasteiger partial charge in [-0.05, 0) is 17.7 Å². The quantitative estimate of drug-likeness (QED) is 0.763. The van der Waals surface area contributed by atoms with Gasteiger partial charge in [0.25, 0.3) is 0 Å². The second-order valence-corrected chi connectivity index (χ2v) is 4.66. The number of benzene rings is 1. The van der Waals surface area contributed by atoms with Crippen molar-refractivity contribution in [1.29, 1.82) is 0 Å². The first-order valence-corrected chi connectivity index (χ1v) is 6.29. The lowest BCUT2D eigenvalue weighted by Gasteiger charge is -2.17. The molecule has 4 heteroatoms. The fourth-order valence-electron chi connectivity index (χ4n) is 2.31. The number of carbonyl (C=O) groups excluding carboxylic acids is 1. The lowest BCUT2D eigenvalue weighted by Crippen LogP contribution is -2.24. The van der Waals surface area contributed by atoms with Crippen LogP contribution in [0.2, 0.25) is 0 Å². The third kappa shape index (κ3) is 2.89. The van der Waals surface area contributed by atoms with E-state index >= 15 is 0 Å². The van der Waals surface area contributed by atoms with Gasteiger partial charge in [-0.15, -0.1) is 6.58 Å². The van der Waals surface area contributed by atoms with Crippen molar-refractivity contribution in [2.75, 3.05) is 20.8 Å². The molecule has 1 fully saturated rings. The van der Waals surface area contributed by atoms with E-state index in [-0.39, 0.29) is 11.8 Å². The molecule has 0 radical (unpaired) electrons. The number of hydrogen-bond acceptors (Lipinski definition) is 3. The van der Waals surface area contributed by atoms with Gasteiger partial charge in [-0.1, -0.05) is 12.1 Å². The molecule has 0 bridgehead atoms. The summed E-state index contributed by atoms with van der Waals surface area (Å²) in [6.07, 6.45) is 2.42. The van der Waals surface area contributed by atoms with Crippen LogP contribution in [0.25, 0.3) is 0 Å². The Hall–Kier alpha value is -1.97. The van der Waals surface area contributed by atoms with Crippen molar-refractivity contribution in [3.63, 3.8) is 0 Å². The molecule has 1 aromatic carbocycles. The van der Waals surface area contributed by atoms with Crippen LogP contribution < -0.4 is 9.47 Å². The Labute approximate surface area is 113 Å². The first kappa shape index (κ1) is 13.5. The largest absolute Gasteiger partial charge is 0.493 e. The van der Waals surface area contributed by atoms with Crippen molar-refractivity contribution < 1.29 is 14.3 Å². The predicted molar refractivity (Wildman–Crippen MR) is 73.3 cm³/mol. The highest BCUT2D eigenvalue weighted by Crippen LogP contribution is 2.29. The van der Waals surface area contributed by atoms with Gasteiger partial charge >= 0.3 is 0 Å². The molecule has 0 saturated carbocycles. The molecule has 1 aliphatic rings. The molecule has 0 aliphatic carbocycles. The average Bonchev–Trinajstić information content (AvgIpc) is 2.79. The van der Waals surface area contributed by atoms with Crippen LogP contribution in [0.4, 0.5) is 0 Å². The van der Waals surface area contributed by atoms with Gasteiger partial charge in [0.1, 0.15) is 0 Å². The van der Waals surface area contributed by atoms with E-state index in [1.54, 1.807) is 14.2 Å². The van der Waals surface area contributed by atoms with Crippen molar-refractivity contribution in [3.05, 3.63) is 36.4 Å². The Morgan fingerprint density at radius 3 is 2.68 bits per heavy atom. The van der Waals surface area contributed by atoms with Crippen LogP contribution in [0.3, 0.4) is 0 Å². The van der Waals surface area contributed by atoms with Gasteiger partial charge in [-0.3, -0.25) is 4.79 Å². The van der Waals surface area contributed by atoms with Crippen molar-refractivity contribution in [3.8, 4) is 11.5 Å². The topological polar surface area (TPSA) is 38.8 Å². The van der Waals surface area contributed by atoms with Gasteiger partial charge in [0.05, 0.1) is 14.2 Å². The van der Waals surface area contributed by atoms with Gasteiger partial charge in [0.2, 0.25) is 5.91 Å². The van der Waals surface area contributed by atoms with E-state index in [1.165, 1.54) is 0 Å². The highest BCUT2D eigenvalue weighted by atomic mass is 16.5. The van der Waals surface area contributed by atoms with Crippen molar-refractivity contribution in [1.82, 2.24) is 4.90 Å². The van der Waals surface area contributed by atoms with Gasteiger partial charge in [-0.25, -0.2) is 0 Å². The van der Waals surface area contributed by atoms with Gasteiger partial charge < -0.3 is 14.4 Å². The van der Waals surface area contributed by atoms with Crippen LogP contribution in [-0.4, -0.2) is 31.6 Å². The summed E-state index contributed by atoms with van der Waals surface area (Å²) < 4.78 is 10.5. The SMILES string of the molecule is C=CC1CC(=O)N(Cc2ccc(OC)c(OC)c2)C1. The standard InChI is InChI=1S/C15H19NO3/c1-4-11-8-15(17)16(9-11)10-12-5-6-13(18-2)14(7-12)19-3/h4-7,11H,1,8-10H2,2-3H3. The zero-order valence-electron chi connectivity index (χ0n) is 11.4. The molecule has 0 N–H and O–H groups in total. The van der Waals surface area contributed by atoms with E-state index in [9.17, 15) is 4.79 Å². The first-order chi connectivity index (χ1) is 9.17. The Bertz CT molecular complexity index is 484. The molecule has 1 heterocycles. The molecule has 1 atom stereocenters. The second-order valence-electron chi connectivity index (χ2n) is 4.66. The summed E-state index contributed by atoms with van der Waals surface area (Å²) in [5.41, 5.74) is 1.04. The lowest BCUT2D eigenvalue weighted by molar-refractivity contribution is -0.128. The lowest BCUT2D eigenvalue weighted by atomic mass is 10.1. The monoisotopic (exact) mass is 261 g/mol. The number of likely N-dealkylation sites (tertiary alicyclic amines) is 1. The third-order valence-corrected chi connectivity index (χ3v) is 3.40. The summed E-state index contributed by atoms with van der Waals surface area (Å²) in [6.45, 7) is 5.10. The van der Waals surface area contributed by atoms with E-state index in [0.717, 1.165) is 12.1 Å². The average molecular weight is 261 g/mol. The first-order valence-electron chi connectivity index (χ1n) is 6.29. The number of hydrogen-bond donors (Lipinski definition) is 0. The number of rotatable bonds is 5. The molecule has 1 amide bonds. The number of carbonyl (C=O) groups is 1. The summed E-state index contributed by atoms with van der Waals surface area (Å²) in [4.78, 5) is 13.7. The van der Waals surface area contributed by atoms with Crippen molar-refractivity contribution in [2.45, 2.75) is 13.0 Å². The molecule has 0 aromatic heterocycles. The Kier molecular flexibility index (Phi) is 4.10. The van der Waals surface area contributed by atoms with E-state index in [4.69, 9.17) is 9.47 Å². The Morgan fingerprint density at radius 1 is 1.37 bits per heavy atom. The summed E-state index contributed by atoms with van der Waals surface area (Å²) >= 11 is 0. The predicted octanol–water partition coefficient (Wildman–Crippen LogP) is 2.24. The molecule has 102 valence electrons. The highest BCUT2D eigenvalue weighted by Gasteiger charge is 2.27. The van der Waals surface area contributed by atoms with Crippen LogP contribution in [0.1, 0.15) is 12.0 Å². The maximum atomic E-state index is 11.8. The Morgan fingerprint density at radius 2 is 2.11 bits per heavy atom. The molecule has 0 spiro atoms. The smallest absolute Gasteiger partial charge is 0.223 e. The molecule has 1 aromatic rings. The van der Waals surface area contributed by atoms with Crippen molar-refractivity contribution >= 4 is 5.91 Å². The van der Waals surface area contributed by atoms with Crippen molar-refractivity contribution in [2.24, 2.45) is 5.92 Å². The number of methoxy groups -OCH3 is 2. The minimum Gasteiger partial charge on any atom is -0.493 e. The van der Waals surface area contributed by atoms with Gasteiger partial charge in [0, 0.05) is 25.4 Å². The highest BCUT2D eigenvalue weighted by molar-refractivity contribution is 5.79. The van der Waals surface area contributed by atoms with E-state index in [2.05, 4.69) is 6.58 Å². The fourth-order valence-corrected chi connectivity index (χ4v) is 2.31.